The Kier molecular flexibility index (Phi) is 3.87. The molecule has 122 valence electrons. The molecular formula is C14H15ClN4O4. The lowest BCUT2D eigenvalue weighted by Gasteiger charge is -2.30. The summed E-state index contributed by atoms with van der Waals surface area (Å²) in [5, 5.41) is 4.72. The highest BCUT2D eigenvalue weighted by Gasteiger charge is 2.48. The summed E-state index contributed by atoms with van der Waals surface area (Å²) in [4.78, 5) is 40.0. The molecule has 1 unspecified atom stereocenters. The third-order valence-electron chi connectivity index (χ3n) is 4.04. The summed E-state index contributed by atoms with van der Waals surface area (Å²) in [7, 11) is 1.55. The van der Waals surface area contributed by atoms with Crippen LogP contribution in [0.3, 0.4) is 0 Å². The lowest BCUT2D eigenvalue weighted by Crippen LogP contribution is -2.59. The molecule has 0 aromatic heterocycles. The van der Waals surface area contributed by atoms with Gasteiger partial charge in [0, 0.05) is 18.7 Å². The fourth-order valence-electron chi connectivity index (χ4n) is 2.87. The number of nitrogens with one attached hydrogen (secondary N) is 3. The smallest absolute Gasteiger partial charge is 0.322 e. The van der Waals surface area contributed by atoms with Crippen molar-refractivity contribution in [2.24, 2.45) is 0 Å². The Labute approximate surface area is 137 Å². The number of hydrogen-bond donors (Lipinski definition) is 3. The summed E-state index contributed by atoms with van der Waals surface area (Å²) in [5.74, 6) is -0.0648. The Morgan fingerprint density at radius 3 is 2.78 bits per heavy atom. The number of rotatable bonds is 5. The zero-order valence-corrected chi connectivity index (χ0v) is 13.1. The number of halogens is 1. The van der Waals surface area contributed by atoms with Gasteiger partial charge in [-0.25, -0.2) is 9.63 Å². The van der Waals surface area contributed by atoms with Crippen molar-refractivity contribution in [3.8, 4) is 5.75 Å². The summed E-state index contributed by atoms with van der Waals surface area (Å²) in [6.45, 7) is 0.342. The first-order valence-electron chi connectivity index (χ1n) is 6.92. The molecule has 0 saturated carbocycles. The molecule has 1 fully saturated rings. The maximum absolute atomic E-state index is 12.5. The molecular weight excluding hydrogens is 324 g/mol. The number of nitrogens with zero attached hydrogens (tertiary/aromatic N) is 1. The van der Waals surface area contributed by atoms with E-state index in [0.717, 1.165) is 5.56 Å². The Hall–Kier alpha value is -2.32. The van der Waals surface area contributed by atoms with Gasteiger partial charge in [0.1, 0.15) is 5.75 Å². The number of amides is 4. The van der Waals surface area contributed by atoms with E-state index in [-0.39, 0.29) is 19.0 Å². The number of fused-ring (bicyclic) bond motifs is 1. The van der Waals surface area contributed by atoms with Crippen LogP contribution in [0.5, 0.6) is 5.75 Å². The van der Waals surface area contributed by atoms with Crippen molar-refractivity contribution >= 4 is 29.6 Å². The normalized spacial score (nSPS) is 22.9. The first kappa shape index (κ1) is 15.6. The number of hydrogen-bond acceptors (Lipinski definition) is 5. The van der Waals surface area contributed by atoms with Gasteiger partial charge in [0.15, 0.2) is 5.54 Å². The van der Waals surface area contributed by atoms with Crippen molar-refractivity contribution in [3.63, 3.8) is 0 Å². The van der Waals surface area contributed by atoms with Crippen molar-refractivity contribution in [2.75, 3.05) is 20.2 Å². The standard InChI is InChI=1S/C14H15ClN4O4/c1-23-9-2-3-10-8(4-9)5-19(11(10)20)7-14(6-16-15)12(21)17-13(22)18-14/h2-4,16H,5-7H2,1H3,(H2,17,18,21,22). The zero-order valence-electron chi connectivity index (χ0n) is 12.3. The van der Waals surface area contributed by atoms with Crippen LogP contribution in [-0.2, 0) is 11.3 Å². The number of ether oxygens (including phenoxy) is 1. The average Bonchev–Trinajstić information content (AvgIpc) is 2.96. The monoisotopic (exact) mass is 338 g/mol. The van der Waals surface area contributed by atoms with E-state index in [0.29, 0.717) is 17.9 Å². The Balaban J connectivity index is 1.84. The topological polar surface area (TPSA) is 99.8 Å². The van der Waals surface area contributed by atoms with Crippen LogP contribution in [0, 0.1) is 0 Å². The highest BCUT2D eigenvalue weighted by molar-refractivity contribution is 6.14. The van der Waals surface area contributed by atoms with Crippen LogP contribution in [0.1, 0.15) is 15.9 Å². The zero-order chi connectivity index (χ0) is 16.6. The summed E-state index contributed by atoms with van der Waals surface area (Å²) >= 11 is 5.53. The van der Waals surface area contributed by atoms with E-state index >= 15 is 0 Å². The van der Waals surface area contributed by atoms with Crippen LogP contribution >= 0.6 is 11.8 Å². The molecule has 0 bridgehead atoms. The first-order chi connectivity index (χ1) is 11.0. The Morgan fingerprint density at radius 1 is 1.39 bits per heavy atom. The second kappa shape index (κ2) is 5.71. The van der Waals surface area contributed by atoms with Gasteiger partial charge in [-0.3, -0.25) is 14.9 Å². The second-order valence-corrected chi connectivity index (χ2v) is 5.75. The number of carbonyl (C=O) groups is 3. The highest BCUT2D eigenvalue weighted by atomic mass is 35.5. The minimum Gasteiger partial charge on any atom is -0.497 e. The van der Waals surface area contributed by atoms with Crippen LogP contribution in [-0.4, -0.2) is 48.5 Å². The molecule has 1 atom stereocenters. The average molecular weight is 339 g/mol. The van der Waals surface area contributed by atoms with Gasteiger partial charge < -0.3 is 15.0 Å². The molecule has 4 amide bonds. The molecule has 9 heteroatoms. The minimum atomic E-state index is -1.29. The first-order valence-corrected chi connectivity index (χ1v) is 7.30. The molecule has 2 aliphatic heterocycles. The molecule has 23 heavy (non-hydrogen) atoms. The van der Waals surface area contributed by atoms with Gasteiger partial charge in [-0.2, -0.15) is 0 Å². The van der Waals surface area contributed by atoms with Crippen LogP contribution in [0.4, 0.5) is 4.79 Å². The summed E-state index contributed by atoms with van der Waals surface area (Å²) in [5.41, 5.74) is 0.0817. The van der Waals surface area contributed by atoms with Crippen molar-refractivity contribution in [2.45, 2.75) is 12.1 Å². The molecule has 0 spiro atoms. The maximum atomic E-state index is 12.5. The van der Waals surface area contributed by atoms with Crippen LogP contribution in [0.15, 0.2) is 18.2 Å². The summed E-state index contributed by atoms with van der Waals surface area (Å²) < 4.78 is 5.15. The summed E-state index contributed by atoms with van der Waals surface area (Å²) in [6.07, 6.45) is 0. The Morgan fingerprint density at radius 2 is 2.17 bits per heavy atom. The maximum Gasteiger partial charge on any atom is 0.322 e. The van der Waals surface area contributed by atoms with Gasteiger partial charge in [0.2, 0.25) is 0 Å². The predicted octanol–water partition coefficient (Wildman–Crippen LogP) is -0.0274. The van der Waals surface area contributed by atoms with E-state index in [2.05, 4.69) is 15.5 Å². The fraction of sp³-hybridized carbons (Fsp3) is 0.357. The summed E-state index contributed by atoms with van der Waals surface area (Å²) in [6, 6.07) is 4.58. The molecule has 8 nitrogen and oxygen atoms in total. The van der Waals surface area contributed by atoms with Gasteiger partial charge in [-0.1, -0.05) is 0 Å². The van der Waals surface area contributed by atoms with Crippen LogP contribution in [0.2, 0.25) is 0 Å². The quantitative estimate of drug-likeness (QED) is 0.517. The van der Waals surface area contributed by atoms with Gasteiger partial charge in [0.25, 0.3) is 11.8 Å². The molecule has 1 aromatic rings. The molecule has 0 radical (unpaired) electrons. The van der Waals surface area contributed by atoms with Gasteiger partial charge in [0.05, 0.1) is 13.7 Å². The number of carbonyl (C=O) groups excluding carboxylic acids is 3. The molecule has 0 aliphatic carbocycles. The molecule has 1 aromatic carbocycles. The van der Waals surface area contributed by atoms with E-state index in [1.807, 2.05) is 0 Å². The van der Waals surface area contributed by atoms with E-state index in [1.54, 1.807) is 25.3 Å². The number of imide groups is 1. The molecule has 3 N–H and O–H groups in total. The largest absolute Gasteiger partial charge is 0.497 e. The van der Waals surface area contributed by atoms with Gasteiger partial charge in [-0.05, 0) is 35.5 Å². The van der Waals surface area contributed by atoms with Crippen LogP contribution < -0.4 is 20.2 Å². The SMILES string of the molecule is COc1ccc2c(c1)CN(CC1(CNCl)NC(=O)NC1=O)C2=O. The highest BCUT2D eigenvalue weighted by Crippen LogP contribution is 2.28. The van der Waals surface area contributed by atoms with Crippen molar-refractivity contribution in [3.05, 3.63) is 29.3 Å². The van der Waals surface area contributed by atoms with Crippen molar-refractivity contribution in [1.29, 1.82) is 0 Å². The third-order valence-corrected chi connectivity index (χ3v) is 4.17. The molecule has 1 saturated heterocycles. The molecule has 2 aliphatic rings. The van der Waals surface area contributed by atoms with Crippen molar-refractivity contribution < 1.29 is 19.1 Å². The van der Waals surface area contributed by atoms with E-state index in [1.165, 1.54) is 4.90 Å². The van der Waals surface area contributed by atoms with E-state index in [4.69, 9.17) is 16.5 Å². The lowest BCUT2D eigenvalue weighted by molar-refractivity contribution is -0.124. The van der Waals surface area contributed by atoms with Crippen molar-refractivity contribution in [1.82, 2.24) is 20.4 Å². The van der Waals surface area contributed by atoms with Crippen LogP contribution in [0.25, 0.3) is 0 Å². The lowest BCUT2D eigenvalue weighted by atomic mass is 9.99. The number of benzene rings is 1. The molecule has 3 rings (SSSR count). The fourth-order valence-corrected chi connectivity index (χ4v) is 3.10. The third kappa shape index (κ3) is 2.60. The molecule has 2 heterocycles. The Bertz CT molecular complexity index is 695. The minimum absolute atomic E-state index is 0.00439. The second-order valence-electron chi connectivity index (χ2n) is 5.49. The number of methoxy groups -OCH3 is 1. The van der Waals surface area contributed by atoms with E-state index in [9.17, 15) is 14.4 Å². The predicted molar refractivity (Wildman–Crippen MR) is 81.0 cm³/mol. The van der Waals surface area contributed by atoms with E-state index < -0.39 is 17.5 Å². The van der Waals surface area contributed by atoms with Gasteiger partial charge >= 0.3 is 6.03 Å². The number of urea groups is 1. The van der Waals surface area contributed by atoms with Gasteiger partial charge in [-0.15, -0.1) is 0 Å².